The van der Waals surface area contributed by atoms with Crippen LogP contribution in [0.3, 0.4) is 0 Å². The molecule has 1 unspecified atom stereocenters. The van der Waals surface area contributed by atoms with Gasteiger partial charge in [-0.2, -0.15) is 4.24 Å². The van der Waals surface area contributed by atoms with Crippen LogP contribution in [0.25, 0.3) is 21.1 Å². The van der Waals surface area contributed by atoms with Gasteiger partial charge in [0, 0.05) is 16.0 Å². The van der Waals surface area contributed by atoms with Crippen molar-refractivity contribution in [3.8, 4) is 5.75 Å². The average molecular weight is 462 g/mol. The molecular formula is C24H16ClN3O3S. The van der Waals surface area contributed by atoms with Gasteiger partial charge in [0.25, 0.3) is 5.56 Å². The Morgan fingerprint density at radius 2 is 1.72 bits per heavy atom. The van der Waals surface area contributed by atoms with Gasteiger partial charge in [0.1, 0.15) is 11.3 Å². The van der Waals surface area contributed by atoms with E-state index in [1.807, 2.05) is 64.9 Å². The number of H-pyrrole nitrogens is 1. The molecule has 0 aliphatic carbocycles. The Balaban J connectivity index is 0.00000216. The quantitative estimate of drug-likeness (QED) is 0.388. The van der Waals surface area contributed by atoms with Crippen LogP contribution in [-0.2, 0) is 0 Å². The number of aromatic nitrogens is 2. The highest BCUT2D eigenvalue weighted by molar-refractivity contribution is 7.15. The minimum atomic E-state index is -0.443. The van der Waals surface area contributed by atoms with Crippen molar-refractivity contribution < 1.29 is 14.8 Å². The largest absolute Gasteiger partial charge is 0.870 e. The van der Waals surface area contributed by atoms with Gasteiger partial charge in [0.05, 0.1) is 10.2 Å². The summed E-state index contributed by atoms with van der Waals surface area (Å²) < 4.78 is 3.04. The molecule has 5 aromatic rings. The van der Waals surface area contributed by atoms with Gasteiger partial charge in [-0.1, -0.05) is 53.0 Å². The van der Waals surface area contributed by atoms with Crippen LogP contribution in [-0.4, -0.2) is 15.6 Å². The van der Waals surface area contributed by atoms with Crippen LogP contribution in [0.1, 0.15) is 17.2 Å². The molecule has 1 aliphatic rings. The molecule has 2 aromatic heterocycles. The minimum absolute atomic E-state index is 0. The molecular weight excluding hydrogens is 446 g/mol. The third kappa shape index (κ3) is 2.94. The number of nitrogens with one attached hydrogen (secondary N) is 1. The molecule has 0 spiro atoms. The smallest absolute Gasteiger partial charge is 0.384 e. The van der Waals surface area contributed by atoms with E-state index in [1.54, 1.807) is 23.5 Å². The number of rotatable bonds is 2. The number of para-hydroxylation sites is 2. The van der Waals surface area contributed by atoms with E-state index >= 15 is 0 Å². The molecule has 8 heteroatoms. The van der Waals surface area contributed by atoms with Crippen LogP contribution in [0.4, 0.5) is 0 Å². The molecule has 0 bridgehead atoms. The van der Waals surface area contributed by atoms with Gasteiger partial charge in [0.2, 0.25) is 6.04 Å². The lowest BCUT2D eigenvalue weighted by Gasteiger charge is -2.10. The topological polar surface area (TPSA) is 101 Å². The first-order chi connectivity index (χ1) is 15.1. The van der Waals surface area contributed by atoms with Gasteiger partial charge in [0.15, 0.2) is 11.2 Å². The van der Waals surface area contributed by atoms with Gasteiger partial charge >= 0.3 is 4.80 Å². The molecule has 0 amide bonds. The first-order valence-corrected chi connectivity index (χ1v) is 10.9. The van der Waals surface area contributed by atoms with E-state index in [1.165, 1.54) is 0 Å². The molecule has 158 valence electrons. The number of halogens is 1. The highest BCUT2D eigenvalue weighted by Crippen LogP contribution is 2.35. The number of pyridine rings is 1. The summed E-state index contributed by atoms with van der Waals surface area (Å²) in [6.07, 6.45) is 0. The van der Waals surface area contributed by atoms with Gasteiger partial charge in [-0.15, -0.1) is 0 Å². The molecule has 6 rings (SSSR count). The number of nitrogens with zero attached hydrogens (tertiary/aromatic N) is 2. The van der Waals surface area contributed by atoms with Crippen LogP contribution in [0.2, 0.25) is 5.02 Å². The van der Waals surface area contributed by atoms with Gasteiger partial charge in [-0.05, 0) is 47.7 Å². The Hall–Kier alpha value is -3.52. The first-order valence-electron chi connectivity index (χ1n) is 9.73. The van der Waals surface area contributed by atoms with E-state index in [0.29, 0.717) is 21.6 Å². The molecule has 6 nitrogen and oxygen atoms in total. The van der Waals surface area contributed by atoms with Crippen molar-refractivity contribution in [3.63, 3.8) is 0 Å². The van der Waals surface area contributed by atoms with E-state index in [-0.39, 0.29) is 22.3 Å². The SMILES string of the molecule is O=c1[nH]c2ccccc2c(O)c1C1=[n+]2c(sc3ccccc32)=NC1c1ccc(Cl)cc1.[OH-]. The lowest BCUT2D eigenvalue weighted by molar-refractivity contribution is -0.498. The Morgan fingerprint density at radius 1 is 1.00 bits per heavy atom. The summed E-state index contributed by atoms with van der Waals surface area (Å²) in [6.45, 7) is 0. The van der Waals surface area contributed by atoms with Crippen LogP contribution in [0.15, 0.2) is 82.6 Å². The molecule has 0 fully saturated rings. The minimum Gasteiger partial charge on any atom is -0.870 e. The maximum Gasteiger partial charge on any atom is 0.384 e. The highest BCUT2D eigenvalue weighted by Gasteiger charge is 2.38. The number of hydrogen-bond donors (Lipinski definition) is 2. The van der Waals surface area contributed by atoms with E-state index < -0.39 is 6.04 Å². The molecule has 32 heavy (non-hydrogen) atoms. The van der Waals surface area contributed by atoms with Gasteiger partial charge in [-0.25, -0.2) is 0 Å². The molecule has 0 saturated carbocycles. The summed E-state index contributed by atoms with van der Waals surface area (Å²) in [5.74, 6) is -0.0425. The standard InChI is InChI=1S/C24H14ClN3O2S.H2O/c25-14-11-9-13(10-12-14)20-21(28-17-7-3-4-8-18(17)31-24(28)27-20)19-22(29)15-5-1-2-6-16(15)26-23(19)30;/h1-12,20H,(H,26,29,30);1H2. The number of hydrogen-bond acceptors (Lipinski definition) is 5. The second kappa shape index (κ2) is 7.56. The predicted octanol–water partition coefficient (Wildman–Crippen LogP) is 4.02. The second-order valence-electron chi connectivity index (χ2n) is 7.38. The zero-order chi connectivity index (χ0) is 21.1. The monoisotopic (exact) mass is 461 g/mol. The third-order valence-corrected chi connectivity index (χ3v) is 6.86. The van der Waals surface area contributed by atoms with E-state index in [0.717, 1.165) is 20.6 Å². The first kappa shape index (κ1) is 20.4. The van der Waals surface area contributed by atoms with E-state index in [4.69, 9.17) is 16.6 Å². The maximum atomic E-state index is 13.2. The number of thiazole rings is 1. The zero-order valence-corrected chi connectivity index (χ0v) is 18.1. The fourth-order valence-electron chi connectivity index (χ4n) is 4.18. The predicted molar refractivity (Wildman–Crippen MR) is 123 cm³/mol. The van der Waals surface area contributed by atoms with Crippen molar-refractivity contribution in [1.29, 1.82) is 0 Å². The normalized spacial score (nSPS) is 14.9. The third-order valence-electron chi connectivity index (χ3n) is 5.57. The van der Waals surface area contributed by atoms with Crippen LogP contribution >= 0.6 is 22.9 Å². The van der Waals surface area contributed by atoms with Crippen LogP contribution in [0, 0.1) is 5.71 Å². The number of aromatic hydroxyl groups is 1. The Labute approximate surface area is 190 Å². The summed E-state index contributed by atoms with van der Waals surface area (Å²) in [4.78, 5) is 21.9. The van der Waals surface area contributed by atoms with Crippen molar-refractivity contribution in [3.05, 3.63) is 110 Å². The second-order valence-corrected chi connectivity index (χ2v) is 8.83. The van der Waals surface area contributed by atoms with Crippen LogP contribution < -0.4 is 14.6 Å². The molecule has 0 saturated heterocycles. The van der Waals surface area contributed by atoms with Crippen molar-refractivity contribution in [2.45, 2.75) is 6.04 Å². The molecule has 3 N–H and O–H groups in total. The maximum absolute atomic E-state index is 13.2. The van der Waals surface area contributed by atoms with E-state index in [9.17, 15) is 9.90 Å². The lowest BCUT2D eigenvalue weighted by Crippen LogP contribution is -2.35. The summed E-state index contributed by atoms with van der Waals surface area (Å²) in [5, 5.41) is 12.4. The van der Waals surface area contributed by atoms with E-state index in [2.05, 4.69) is 4.98 Å². The fourth-order valence-corrected chi connectivity index (χ4v) is 5.35. The molecule has 3 aromatic carbocycles. The Bertz CT molecular complexity index is 1690. The van der Waals surface area contributed by atoms with Crippen LogP contribution in [0.5, 0.6) is 5.75 Å². The summed E-state index contributed by atoms with van der Waals surface area (Å²) >= 11 is 7.66. The molecule has 0 radical (unpaired) electrons. The fraction of sp³-hybridized carbons (Fsp3) is 0.0417. The molecule has 1 aliphatic heterocycles. The summed E-state index contributed by atoms with van der Waals surface area (Å²) in [5.41, 5.74) is 2.95. The number of aromatic amines is 1. The van der Waals surface area contributed by atoms with Gasteiger partial charge in [-0.3, -0.25) is 4.79 Å². The van der Waals surface area contributed by atoms with Crippen molar-refractivity contribution in [2.75, 3.05) is 0 Å². The van der Waals surface area contributed by atoms with Crippen molar-refractivity contribution in [2.24, 2.45) is 4.99 Å². The van der Waals surface area contributed by atoms with Crippen molar-refractivity contribution in [1.82, 2.24) is 4.98 Å². The Kier molecular flexibility index (Phi) is 4.82. The zero-order valence-electron chi connectivity index (χ0n) is 16.5. The average Bonchev–Trinajstić information content (AvgIpc) is 3.31. The number of fused-ring (bicyclic) bond motifs is 4. The lowest BCUT2D eigenvalue weighted by atomic mass is 9.96. The Morgan fingerprint density at radius 3 is 2.53 bits per heavy atom. The highest BCUT2D eigenvalue weighted by atomic mass is 35.5. The number of benzene rings is 3. The summed E-state index contributed by atoms with van der Waals surface area (Å²) in [7, 11) is 0. The summed E-state index contributed by atoms with van der Waals surface area (Å²) in [6, 6.07) is 22.2. The molecule has 1 atom stereocenters. The van der Waals surface area contributed by atoms with Crippen molar-refractivity contribution >= 4 is 44.1 Å². The van der Waals surface area contributed by atoms with Gasteiger partial charge < -0.3 is 15.6 Å². The molecule has 3 heterocycles.